The van der Waals surface area contributed by atoms with Gasteiger partial charge in [-0.05, 0) is 12.3 Å². The summed E-state index contributed by atoms with van der Waals surface area (Å²) >= 11 is 5.84. The molecule has 0 aliphatic carbocycles. The van der Waals surface area contributed by atoms with Gasteiger partial charge in [-0.2, -0.15) is 0 Å². The molecule has 5 heteroatoms. The zero-order valence-corrected chi connectivity index (χ0v) is 10.8. The first kappa shape index (κ1) is 13.3. The molecule has 4 nitrogen and oxygen atoms in total. The van der Waals surface area contributed by atoms with Crippen molar-refractivity contribution in [3.05, 3.63) is 0 Å². The number of nitrogens with zero attached hydrogens (tertiary/aromatic N) is 2. The maximum Gasteiger partial charge on any atom is 0.342 e. The molecule has 0 N–H and O–H groups in total. The van der Waals surface area contributed by atoms with Gasteiger partial charge in [0.25, 0.3) is 5.91 Å². The molecule has 0 aromatic heterocycles. The Morgan fingerprint density at radius 2 is 2.00 bits per heavy atom. The van der Waals surface area contributed by atoms with Crippen LogP contribution < -0.4 is 0 Å². The fourth-order valence-electron chi connectivity index (χ4n) is 1.74. The van der Waals surface area contributed by atoms with Crippen molar-refractivity contribution in [2.75, 3.05) is 6.54 Å². The maximum absolute atomic E-state index is 11.9. The smallest absolute Gasteiger partial charge is 0.272 e. The topological polar surface area (TPSA) is 40.6 Å². The highest BCUT2D eigenvalue weighted by Gasteiger charge is 2.44. The number of carbonyl (C=O) groups excluding carboxylic acids is 2. The maximum atomic E-state index is 11.9. The highest BCUT2D eigenvalue weighted by Crippen LogP contribution is 2.24. The van der Waals surface area contributed by atoms with E-state index >= 15 is 0 Å². The molecule has 2 unspecified atom stereocenters. The largest absolute Gasteiger partial charge is 0.342 e. The molecular formula is C11H19ClN2O2. The van der Waals surface area contributed by atoms with E-state index in [2.05, 4.69) is 0 Å². The van der Waals surface area contributed by atoms with E-state index in [0.717, 1.165) is 17.3 Å². The van der Waals surface area contributed by atoms with E-state index in [9.17, 15) is 9.59 Å². The van der Waals surface area contributed by atoms with Crippen molar-refractivity contribution in [1.29, 1.82) is 0 Å². The van der Waals surface area contributed by atoms with Crippen molar-refractivity contribution >= 4 is 23.7 Å². The van der Waals surface area contributed by atoms with Crippen LogP contribution in [0.25, 0.3) is 0 Å². The van der Waals surface area contributed by atoms with Gasteiger partial charge in [-0.3, -0.25) is 9.69 Å². The summed E-state index contributed by atoms with van der Waals surface area (Å²) in [6, 6.07) is -0.839. The van der Waals surface area contributed by atoms with Crippen molar-refractivity contribution in [2.45, 2.75) is 46.1 Å². The minimum absolute atomic E-state index is 0.151. The number of amides is 3. The Balaban J connectivity index is 2.73. The third-order valence-corrected chi connectivity index (χ3v) is 3.37. The predicted molar refractivity (Wildman–Crippen MR) is 63.0 cm³/mol. The molecule has 0 aromatic carbocycles. The quantitative estimate of drug-likeness (QED) is 0.553. The zero-order chi connectivity index (χ0) is 12.3. The summed E-state index contributed by atoms with van der Waals surface area (Å²) in [4.78, 5) is 25.0. The van der Waals surface area contributed by atoms with Crippen molar-refractivity contribution in [1.82, 2.24) is 9.32 Å². The highest BCUT2D eigenvalue weighted by atomic mass is 35.5. The van der Waals surface area contributed by atoms with Gasteiger partial charge in [0.15, 0.2) is 0 Å². The van der Waals surface area contributed by atoms with E-state index in [0.29, 0.717) is 18.9 Å². The SMILES string of the molecule is CCCC1C(=O)N(CC(C)CC)C(=O)N1Cl. The molecule has 0 spiro atoms. The van der Waals surface area contributed by atoms with Gasteiger partial charge in [0.2, 0.25) is 0 Å². The molecule has 3 amide bonds. The van der Waals surface area contributed by atoms with Crippen LogP contribution in [0.4, 0.5) is 4.79 Å². The monoisotopic (exact) mass is 246 g/mol. The van der Waals surface area contributed by atoms with Crippen molar-refractivity contribution in [3.8, 4) is 0 Å². The summed E-state index contributed by atoms with van der Waals surface area (Å²) in [6.45, 7) is 6.50. The number of hydrogen-bond acceptors (Lipinski definition) is 2. The molecule has 92 valence electrons. The highest BCUT2D eigenvalue weighted by molar-refractivity contribution is 6.26. The second-order valence-electron chi connectivity index (χ2n) is 4.36. The molecule has 0 saturated carbocycles. The molecule has 1 aliphatic heterocycles. The van der Waals surface area contributed by atoms with Crippen LogP contribution in [0.5, 0.6) is 0 Å². The standard InChI is InChI=1S/C11H19ClN2O2/c1-4-6-9-10(15)13(7-8(3)5-2)11(16)14(9)12/h8-9H,4-7H2,1-3H3. The predicted octanol–water partition coefficient (Wildman–Crippen LogP) is 2.62. The van der Waals surface area contributed by atoms with Crippen molar-refractivity contribution in [3.63, 3.8) is 0 Å². The van der Waals surface area contributed by atoms with E-state index in [1.807, 2.05) is 20.8 Å². The number of carbonyl (C=O) groups is 2. The van der Waals surface area contributed by atoms with Crippen LogP contribution in [0.3, 0.4) is 0 Å². The number of hydrogen-bond donors (Lipinski definition) is 0. The molecule has 1 aliphatic rings. The normalized spacial score (nSPS) is 23.1. The average Bonchev–Trinajstić information content (AvgIpc) is 2.46. The Morgan fingerprint density at radius 1 is 1.38 bits per heavy atom. The lowest BCUT2D eigenvalue weighted by Crippen LogP contribution is -2.35. The summed E-state index contributed by atoms with van der Waals surface area (Å²) in [5, 5.41) is 0. The van der Waals surface area contributed by atoms with Crippen LogP contribution in [-0.2, 0) is 4.79 Å². The third kappa shape index (κ3) is 2.48. The van der Waals surface area contributed by atoms with Gasteiger partial charge in [0, 0.05) is 18.3 Å². The minimum atomic E-state index is -0.469. The molecule has 16 heavy (non-hydrogen) atoms. The fraction of sp³-hybridized carbons (Fsp3) is 0.818. The molecule has 1 rings (SSSR count). The third-order valence-electron chi connectivity index (χ3n) is 2.99. The van der Waals surface area contributed by atoms with Gasteiger partial charge >= 0.3 is 6.03 Å². The molecule has 2 atom stereocenters. The minimum Gasteiger partial charge on any atom is -0.272 e. The van der Waals surface area contributed by atoms with Crippen molar-refractivity contribution < 1.29 is 9.59 Å². The molecule has 1 fully saturated rings. The van der Waals surface area contributed by atoms with Gasteiger partial charge in [-0.25, -0.2) is 9.21 Å². The molecule has 1 saturated heterocycles. The Bertz CT molecular complexity index is 283. The lowest BCUT2D eigenvalue weighted by molar-refractivity contribution is -0.128. The fourth-order valence-corrected chi connectivity index (χ4v) is 2.01. The summed E-state index contributed by atoms with van der Waals surface area (Å²) in [5.74, 6) is 0.167. The van der Waals surface area contributed by atoms with Crippen LogP contribution in [0.15, 0.2) is 0 Å². The summed E-state index contributed by atoms with van der Waals surface area (Å²) < 4.78 is 1.05. The first-order chi connectivity index (χ1) is 7.52. The van der Waals surface area contributed by atoms with Crippen LogP contribution in [0, 0.1) is 5.92 Å². The lowest BCUT2D eigenvalue weighted by atomic mass is 10.1. The van der Waals surface area contributed by atoms with E-state index < -0.39 is 6.04 Å². The summed E-state index contributed by atoms with van der Waals surface area (Å²) in [7, 11) is 0. The van der Waals surface area contributed by atoms with Crippen LogP contribution in [0.2, 0.25) is 0 Å². The van der Waals surface area contributed by atoms with E-state index in [1.54, 1.807) is 0 Å². The molecular weight excluding hydrogens is 228 g/mol. The molecule has 0 aromatic rings. The van der Waals surface area contributed by atoms with Gasteiger partial charge in [-0.1, -0.05) is 33.6 Å². The molecule has 1 heterocycles. The first-order valence-corrected chi connectivity index (χ1v) is 6.17. The second-order valence-corrected chi connectivity index (χ2v) is 4.72. The van der Waals surface area contributed by atoms with Crippen LogP contribution >= 0.6 is 11.8 Å². The Labute approximate surface area is 102 Å². The zero-order valence-electron chi connectivity index (χ0n) is 10.1. The Morgan fingerprint density at radius 3 is 2.50 bits per heavy atom. The molecule has 0 radical (unpaired) electrons. The number of rotatable bonds is 5. The Hall–Kier alpha value is -0.770. The van der Waals surface area contributed by atoms with Gasteiger partial charge in [0.05, 0.1) is 0 Å². The summed E-state index contributed by atoms with van der Waals surface area (Å²) in [5.41, 5.74) is 0. The van der Waals surface area contributed by atoms with E-state index in [4.69, 9.17) is 11.8 Å². The number of urea groups is 1. The number of imide groups is 1. The van der Waals surface area contributed by atoms with Crippen LogP contribution in [0.1, 0.15) is 40.0 Å². The van der Waals surface area contributed by atoms with Gasteiger partial charge in [0.1, 0.15) is 6.04 Å². The second kappa shape index (κ2) is 5.53. The first-order valence-electron chi connectivity index (χ1n) is 5.83. The van der Waals surface area contributed by atoms with Gasteiger partial charge in [-0.15, -0.1) is 0 Å². The van der Waals surface area contributed by atoms with E-state index in [1.165, 1.54) is 4.90 Å². The van der Waals surface area contributed by atoms with Crippen LogP contribution in [-0.4, -0.2) is 33.8 Å². The van der Waals surface area contributed by atoms with E-state index in [-0.39, 0.29) is 11.9 Å². The van der Waals surface area contributed by atoms with Crippen molar-refractivity contribution in [2.24, 2.45) is 5.92 Å². The number of halogens is 1. The summed E-state index contributed by atoms with van der Waals surface area (Å²) in [6.07, 6.45) is 2.41. The Kier molecular flexibility index (Phi) is 4.59. The molecule has 0 bridgehead atoms. The van der Waals surface area contributed by atoms with Gasteiger partial charge < -0.3 is 0 Å². The average molecular weight is 247 g/mol. The lowest BCUT2D eigenvalue weighted by Gasteiger charge is -2.16.